The van der Waals surface area contributed by atoms with Gasteiger partial charge in [0.1, 0.15) is 0 Å². The zero-order valence-corrected chi connectivity index (χ0v) is 7.09. The summed E-state index contributed by atoms with van der Waals surface area (Å²) in [5.41, 5.74) is 5.09. The lowest BCUT2D eigenvalue weighted by molar-refractivity contribution is -0.122. The van der Waals surface area contributed by atoms with Crippen molar-refractivity contribution in [3.63, 3.8) is 0 Å². The number of carbonyl (C=O) groups excluding carboxylic acids is 1. The van der Waals surface area contributed by atoms with Gasteiger partial charge in [-0.2, -0.15) is 0 Å². The Morgan fingerprint density at radius 3 is 1.90 bits per heavy atom. The summed E-state index contributed by atoms with van der Waals surface area (Å²) >= 11 is 0. The number of likely N-dealkylation sites (N-methyl/N-ethyl adjacent to an activating group) is 1. The van der Waals surface area contributed by atoms with Gasteiger partial charge < -0.3 is 5.73 Å². The molecule has 0 saturated carbocycles. The van der Waals surface area contributed by atoms with Crippen LogP contribution in [0.4, 0.5) is 0 Å². The van der Waals surface area contributed by atoms with E-state index in [1.807, 2.05) is 32.7 Å². The van der Waals surface area contributed by atoms with Crippen molar-refractivity contribution in [1.29, 1.82) is 0 Å². The van der Waals surface area contributed by atoms with Crippen molar-refractivity contribution in [2.24, 2.45) is 5.73 Å². The van der Waals surface area contributed by atoms with E-state index in [1.54, 1.807) is 0 Å². The van der Waals surface area contributed by atoms with Crippen LogP contribution in [0.5, 0.6) is 0 Å². The van der Waals surface area contributed by atoms with E-state index in [0.29, 0.717) is 6.04 Å². The standard InChI is InChI=1S/C7H16N2O/c1-5(2)9(4)6(3)7(8)10/h5-6H,1-4H3,(H2,8,10). The molecule has 10 heavy (non-hydrogen) atoms. The molecular weight excluding hydrogens is 128 g/mol. The van der Waals surface area contributed by atoms with Crippen molar-refractivity contribution in [2.45, 2.75) is 32.9 Å². The molecule has 0 spiro atoms. The Bertz CT molecular complexity index is 123. The second-order valence-electron chi connectivity index (χ2n) is 2.84. The van der Waals surface area contributed by atoms with Crippen LogP contribution in [0.1, 0.15) is 20.8 Å². The number of hydrogen-bond acceptors (Lipinski definition) is 2. The fraction of sp³-hybridized carbons (Fsp3) is 0.857. The summed E-state index contributed by atoms with van der Waals surface area (Å²) in [6.45, 7) is 5.86. The highest BCUT2D eigenvalue weighted by molar-refractivity contribution is 5.79. The lowest BCUT2D eigenvalue weighted by atomic mass is 10.2. The topological polar surface area (TPSA) is 46.3 Å². The second-order valence-corrected chi connectivity index (χ2v) is 2.84. The molecule has 0 aliphatic heterocycles. The average molecular weight is 144 g/mol. The van der Waals surface area contributed by atoms with Gasteiger partial charge in [0.05, 0.1) is 6.04 Å². The summed E-state index contributed by atoms with van der Waals surface area (Å²) in [4.78, 5) is 12.6. The van der Waals surface area contributed by atoms with E-state index >= 15 is 0 Å². The molecule has 0 aromatic rings. The maximum absolute atomic E-state index is 10.6. The molecule has 3 nitrogen and oxygen atoms in total. The Kier molecular flexibility index (Phi) is 3.36. The summed E-state index contributed by atoms with van der Waals surface area (Å²) in [7, 11) is 1.89. The lowest BCUT2D eigenvalue weighted by Gasteiger charge is -2.25. The fourth-order valence-electron chi connectivity index (χ4n) is 0.648. The van der Waals surface area contributed by atoms with E-state index in [9.17, 15) is 4.79 Å². The molecule has 0 aliphatic carbocycles. The third kappa shape index (κ3) is 2.35. The highest BCUT2D eigenvalue weighted by Gasteiger charge is 2.16. The Labute approximate surface area is 62.2 Å². The van der Waals surface area contributed by atoms with Crippen LogP contribution in [-0.2, 0) is 4.79 Å². The van der Waals surface area contributed by atoms with Gasteiger partial charge >= 0.3 is 0 Å². The van der Waals surface area contributed by atoms with E-state index in [1.165, 1.54) is 0 Å². The highest BCUT2D eigenvalue weighted by atomic mass is 16.1. The monoisotopic (exact) mass is 144 g/mol. The quantitative estimate of drug-likeness (QED) is 0.615. The van der Waals surface area contributed by atoms with Crippen LogP contribution in [0.25, 0.3) is 0 Å². The average Bonchev–Trinajstić information content (AvgIpc) is 1.84. The minimum absolute atomic E-state index is 0.167. The van der Waals surface area contributed by atoms with Gasteiger partial charge in [0, 0.05) is 6.04 Å². The summed E-state index contributed by atoms with van der Waals surface area (Å²) in [5, 5.41) is 0. The van der Waals surface area contributed by atoms with Gasteiger partial charge in [-0.25, -0.2) is 0 Å². The Balaban J connectivity index is 3.94. The van der Waals surface area contributed by atoms with Crippen LogP contribution < -0.4 is 5.73 Å². The largest absolute Gasteiger partial charge is 0.368 e. The number of carbonyl (C=O) groups is 1. The first kappa shape index (κ1) is 9.43. The van der Waals surface area contributed by atoms with Gasteiger partial charge in [-0.3, -0.25) is 9.69 Å². The van der Waals surface area contributed by atoms with E-state index in [0.717, 1.165) is 0 Å². The molecule has 0 aromatic carbocycles. The third-order valence-electron chi connectivity index (χ3n) is 1.84. The Morgan fingerprint density at radius 2 is 1.80 bits per heavy atom. The second kappa shape index (κ2) is 3.56. The summed E-state index contributed by atoms with van der Waals surface area (Å²) < 4.78 is 0. The number of nitrogens with two attached hydrogens (primary N) is 1. The molecule has 60 valence electrons. The molecular formula is C7H16N2O. The maximum atomic E-state index is 10.6. The van der Waals surface area contributed by atoms with Crippen molar-refractivity contribution in [3.05, 3.63) is 0 Å². The van der Waals surface area contributed by atoms with Crippen LogP contribution in [0.15, 0.2) is 0 Å². The van der Waals surface area contributed by atoms with Crippen molar-refractivity contribution < 1.29 is 4.79 Å². The van der Waals surface area contributed by atoms with Crippen LogP contribution in [-0.4, -0.2) is 29.9 Å². The molecule has 0 aliphatic rings. The van der Waals surface area contributed by atoms with Crippen LogP contribution in [0.3, 0.4) is 0 Å². The molecule has 0 fully saturated rings. The zero-order chi connectivity index (χ0) is 8.31. The molecule has 0 heterocycles. The smallest absolute Gasteiger partial charge is 0.234 e. The van der Waals surface area contributed by atoms with E-state index in [2.05, 4.69) is 0 Å². The van der Waals surface area contributed by atoms with Gasteiger partial charge in [-0.1, -0.05) is 0 Å². The van der Waals surface area contributed by atoms with Crippen LogP contribution >= 0.6 is 0 Å². The van der Waals surface area contributed by atoms with Crippen molar-refractivity contribution in [1.82, 2.24) is 4.90 Å². The van der Waals surface area contributed by atoms with Crippen LogP contribution in [0, 0.1) is 0 Å². The number of nitrogens with zero attached hydrogens (tertiary/aromatic N) is 1. The highest BCUT2D eigenvalue weighted by Crippen LogP contribution is 1.99. The summed E-state index contributed by atoms with van der Waals surface area (Å²) in [5.74, 6) is -0.267. The van der Waals surface area contributed by atoms with Crippen molar-refractivity contribution in [2.75, 3.05) is 7.05 Å². The molecule has 1 atom stereocenters. The Morgan fingerprint density at radius 1 is 1.40 bits per heavy atom. The molecule has 0 bridgehead atoms. The van der Waals surface area contributed by atoms with Gasteiger partial charge in [-0.15, -0.1) is 0 Å². The van der Waals surface area contributed by atoms with Gasteiger partial charge in [-0.05, 0) is 27.8 Å². The maximum Gasteiger partial charge on any atom is 0.234 e. The lowest BCUT2D eigenvalue weighted by Crippen LogP contribution is -2.43. The molecule has 0 radical (unpaired) electrons. The third-order valence-corrected chi connectivity index (χ3v) is 1.84. The van der Waals surface area contributed by atoms with Gasteiger partial charge in [0.25, 0.3) is 0 Å². The number of amides is 1. The molecule has 1 amide bonds. The van der Waals surface area contributed by atoms with Gasteiger partial charge in [0.2, 0.25) is 5.91 Å². The minimum Gasteiger partial charge on any atom is -0.368 e. The fourth-order valence-corrected chi connectivity index (χ4v) is 0.648. The minimum atomic E-state index is -0.267. The first-order chi connectivity index (χ1) is 4.46. The van der Waals surface area contributed by atoms with Crippen LogP contribution in [0.2, 0.25) is 0 Å². The molecule has 1 unspecified atom stereocenters. The number of rotatable bonds is 3. The van der Waals surface area contributed by atoms with E-state index < -0.39 is 0 Å². The first-order valence-electron chi connectivity index (χ1n) is 3.48. The number of hydrogen-bond donors (Lipinski definition) is 1. The van der Waals surface area contributed by atoms with Crippen molar-refractivity contribution in [3.8, 4) is 0 Å². The van der Waals surface area contributed by atoms with E-state index in [-0.39, 0.29) is 11.9 Å². The molecule has 0 saturated heterocycles. The zero-order valence-electron chi connectivity index (χ0n) is 7.09. The normalized spacial score (nSPS) is 14.2. The SMILES string of the molecule is CC(C)N(C)C(C)C(N)=O. The van der Waals surface area contributed by atoms with Crippen molar-refractivity contribution >= 4 is 5.91 Å². The molecule has 0 aromatic heterocycles. The molecule has 3 heteroatoms. The van der Waals surface area contributed by atoms with Gasteiger partial charge in [0.15, 0.2) is 0 Å². The summed E-state index contributed by atoms with van der Waals surface area (Å²) in [6, 6.07) is 0.197. The molecule has 2 N–H and O–H groups in total. The Hall–Kier alpha value is -0.570. The summed E-state index contributed by atoms with van der Waals surface area (Å²) in [6.07, 6.45) is 0. The number of primary amides is 1. The predicted octanol–water partition coefficient (Wildman–Crippen LogP) is 0.200. The predicted molar refractivity (Wildman–Crippen MR) is 41.6 cm³/mol. The van der Waals surface area contributed by atoms with E-state index in [4.69, 9.17) is 5.73 Å². The molecule has 0 rings (SSSR count). The first-order valence-corrected chi connectivity index (χ1v) is 3.48.